The summed E-state index contributed by atoms with van der Waals surface area (Å²) in [7, 11) is 0. The Morgan fingerprint density at radius 1 is 1.21 bits per heavy atom. The molecule has 1 aromatic carbocycles. The number of fused-ring (bicyclic) bond motifs is 1. The number of hydrogen-bond acceptors (Lipinski definition) is 4. The van der Waals surface area contributed by atoms with Gasteiger partial charge in [0.2, 0.25) is 0 Å². The number of rotatable bonds is 7. The summed E-state index contributed by atoms with van der Waals surface area (Å²) in [5.41, 5.74) is 2.28. The minimum atomic E-state index is 0.277. The van der Waals surface area contributed by atoms with Gasteiger partial charge in [-0.1, -0.05) is 26.0 Å². The largest absolute Gasteiger partial charge is 0.396 e. The molecule has 2 aromatic rings. The Kier molecular flexibility index (Phi) is 5.87. The van der Waals surface area contributed by atoms with Gasteiger partial charge >= 0.3 is 0 Å². The maximum absolute atomic E-state index is 9.40. The summed E-state index contributed by atoms with van der Waals surface area (Å²) in [6.45, 7) is 11.2. The van der Waals surface area contributed by atoms with Crippen molar-refractivity contribution in [3.8, 4) is 0 Å². The second-order valence-electron chi connectivity index (χ2n) is 7.28. The van der Waals surface area contributed by atoms with E-state index in [0.717, 1.165) is 51.2 Å². The van der Waals surface area contributed by atoms with Crippen molar-refractivity contribution in [2.45, 2.75) is 32.9 Å². The lowest BCUT2D eigenvalue weighted by Crippen LogP contribution is -2.54. The van der Waals surface area contributed by atoms with Crippen molar-refractivity contribution in [1.82, 2.24) is 19.4 Å². The third-order valence-corrected chi connectivity index (χ3v) is 4.94. The van der Waals surface area contributed by atoms with Crippen LogP contribution in [0.25, 0.3) is 11.0 Å². The van der Waals surface area contributed by atoms with E-state index in [4.69, 9.17) is 0 Å². The van der Waals surface area contributed by atoms with Crippen LogP contribution in [-0.2, 0) is 6.54 Å². The molecular weight excluding hydrogens is 300 g/mol. The van der Waals surface area contributed by atoms with Gasteiger partial charge in [-0.2, -0.15) is 0 Å². The van der Waals surface area contributed by atoms with Crippen LogP contribution in [0.2, 0.25) is 0 Å². The lowest BCUT2D eigenvalue weighted by molar-refractivity contribution is 0.0499. The first kappa shape index (κ1) is 17.4. The van der Waals surface area contributed by atoms with E-state index in [2.05, 4.69) is 51.4 Å². The molecule has 1 aromatic heterocycles. The Balaban J connectivity index is 1.58. The molecule has 0 amide bonds. The molecule has 1 saturated heterocycles. The number of nitrogens with zero attached hydrogens (tertiary/aromatic N) is 4. The second-order valence-corrected chi connectivity index (χ2v) is 7.28. The lowest BCUT2D eigenvalue weighted by atomic mass is 10.1. The Labute approximate surface area is 144 Å². The van der Waals surface area contributed by atoms with Crippen LogP contribution in [0.15, 0.2) is 30.6 Å². The van der Waals surface area contributed by atoms with E-state index in [1.165, 1.54) is 5.52 Å². The van der Waals surface area contributed by atoms with Gasteiger partial charge in [-0.3, -0.25) is 9.80 Å². The van der Waals surface area contributed by atoms with Gasteiger partial charge in [-0.25, -0.2) is 4.98 Å². The third-order valence-electron chi connectivity index (χ3n) is 4.94. The SMILES string of the molecule is CC(C)CN1CCN(CCn2cnc3ccccc32)CC1CCO. The highest BCUT2D eigenvalue weighted by Gasteiger charge is 2.26. The maximum Gasteiger partial charge on any atom is 0.0958 e. The molecule has 132 valence electrons. The Bertz CT molecular complexity index is 639. The predicted molar refractivity (Wildman–Crippen MR) is 98.1 cm³/mol. The van der Waals surface area contributed by atoms with Crippen molar-refractivity contribution in [3.05, 3.63) is 30.6 Å². The highest BCUT2D eigenvalue weighted by molar-refractivity contribution is 5.74. The van der Waals surface area contributed by atoms with Gasteiger partial charge in [0.1, 0.15) is 0 Å². The maximum atomic E-state index is 9.40. The van der Waals surface area contributed by atoms with Crippen molar-refractivity contribution in [1.29, 1.82) is 0 Å². The molecule has 1 aliphatic rings. The number of para-hydroxylation sites is 2. The highest BCUT2D eigenvalue weighted by atomic mass is 16.3. The number of aliphatic hydroxyl groups excluding tert-OH is 1. The average molecular weight is 330 g/mol. The van der Waals surface area contributed by atoms with Crippen LogP contribution in [0, 0.1) is 5.92 Å². The summed E-state index contributed by atoms with van der Waals surface area (Å²) in [4.78, 5) is 9.57. The molecule has 5 nitrogen and oxygen atoms in total. The minimum Gasteiger partial charge on any atom is -0.396 e. The Morgan fingerprint density at radius 3 is 2.83 bits per heavy atom. The van der Waals surface area contributed by atoms with Crippen molar-refractivity contribution < 1.29 is 5.11 Å². The van der Waals surface area contributed by atoms with Crippen LogP contribution in [0.4, 0.5) is 0 Å². The summed E-state index contributed by atoms with van der Waals surface area (Å²) in [5.74, 6) is 0.676. The Hall–Kier alpha value is -1.43. The van der Waals surface area contributed by atoms with Crippen molar-refractivity contribution >= 4 is 11.0 Å². The van der Waals surface area contributed by atoms with Crippen LogP contribution >= 0.6 is 0 Å². The van der Waals surface area contributed by atoms with E-state index in [1.807, 2.05) is 12.4 Å². The van der Waals surface area contributed by atoms with Gasteiger partial charge in [-0.15, -0.1) is 0 Å². The molecule has 2 heterocycles. The zero-order chi connectivity index (χ0) is 16.9. The number of imidazole rings is 1. The van der Waals surface area contributed by atoms with Gasteiger partial charge in [0.15, 0.2) is 0 Å². The first-order chi connectivity index (χ1) is 11.7. The van der Waals surface area contributed by atoms with Gasteiger partial charge in [0.25, 0.3) is 0 Å². The monoisotopic (exact) mass is 330 g/mol. The molecular formula is C19H30N4O. The molecule has 24 heavy (non-hydrogen) atoms. The van der Waals surface area contributed by atoms with Crippen LogP contribution in [0.1, 0.15) is 20.3 Å². The highest BCUT2D eigenvalue weighted by Crippen LogP contribution is 2.16. The van der Waals surface area contributed by atoms with E-state index < -0.39 is 0 Å². The molecule has 0 radical (unpaired) electrons. The van der Waals surface area contributed by atoms with Gasteiger partial charge in [0.05, 0.1) is 17.4 Å². The van der Waals surface area contributed by atoms with Gasteiger partial charge < -0.3 is 9.67 Å². The lowest BCUT2D eigenvalue weighted by Gasteiger charge is -2.42. The topological polar surface area (TPSA) is 44.5 Å². The predicted octanol–water partition coefficient (Wildman–Crippen LogP) is 2.06. The summed E-state index contributed by atoms with van der Waals surface area (Å²) in [5, 5.41) is 9.40. The number of piperazine rings is 1. The van der Waals surface area contributed by atoms with Crippen molar-refractivity contribution in [2.24, 2.45) is 5.92 Å². The van der Waals surface area contributed by atoms with E-state index >= 15 is 0 Å². The molecule has 3 rings (SSSR count). The first-order valence-corrected chi connectivity index (χ1v) is 9.14. The molecule has 1 fully saturated rings. The van der Waals surface area contributed by atoms with Gasteiger partial charge in [-0.05, 0) is 24.5 Å². The standard InChI is InChI=1S/C19H30N4O/c1-16(2)13-22-10-8-21(14-17(22)7-12-24)9-11-23-15-20-18-5-3-4-6-19(18)23/h3-6,15-17,24H,7-14H2,1-2H3. The molecule has 1 unspecified atom stereocenters. The average Bonchev–Trinajstić information content (AvgIpc) is 2.98. The van der Waals surface area contributed by atoms with Crippen LogP contribution in [0.5, 0.6) is 0 Å². The van der Waals surface area contributed by atoms with E-state index in [1.54, 1.807) is 0 Å². The minimum absolute atomic E-state index is 0.277. The zero-order valence-corrected chi connectivity index (χ0v) is 14.9. The third kappa shape index (κ3) is 4.15. The van der Waals surface area contributed by atoms with Crippen LogP contribution < -0.4 is 0 Å². The molecule has 0 bridgehead atoms. The summed E-state index contributed by atoms with van der Waals surface area (Å²) in [6.07, 6.45) is 2.82. The molecule has 1 atom stereocenters. The second kappa shape index (κ2) is 8.10. The molecule has 1 N–H and O–H groups in total. The fraction of sp³-hybridized carbons (Fsp3) is 0.632. The molecule has 0 spiro atoms. The van der Waals surface area contributed by atoms with Crippen LogP contribution in [0.3, 0.4) is 0 Å². The molecule has 0 saturated carbocycles. The summed E-state index contributed by atoms with van der Waals surface area (Å²) < 4.78 is 2.25. The van der Waals surface area contributed by atoms with E-state index in [-0.39, 0.29) is 6.61 Å². The van der Waals surface area contributed by atoms with E-state index in [9.17, 15) is 5.11 Å². The number of benzene rings is 1. The summed E-state index contributed by atoms with van der Waals surface area (Å²) in [6, 6.07) is 8.78. The van der Waals surface area contributed by atoms with E-state index in [0.29, 0.717) is 12.0 Å². The molecule has 1 aliphatic heterocycles. The van der Waals surface area contributed by atoms with Crippen molar-refractivity contribution in [2.75, 3.05) is 39.3 Å². The fourth-order valence-corrected chi connectivity index (χ4v) is 3.73. The van der Waals surface area contributed by atoms with Gasteiger partial charge in [0, 0.05) is 51.9 Å². The number of hydrogen-bond donors (Lipinski definition) is 1. The normalized spacial score (nSPS) is 20.2. The Morgan fingerprint density at radius 2 is 2.04 bits per heavy atom. The zero-order valence-electron chi connectivity index (χ0n) is 14.9. The smallest absolute Gasteiger partial charge is 0.0958 e. The van der Waals surface area contributed by atoms with Crippen molar-refractivity contribution in [3.63, 3.8) is 0 Å². The number of aliphatic hydroxyl groups is 1. The quantitative estimate of drug-likeness (QED) is 0.844. The van der Waals surface area contributed by atoms with Crippen LogP contribution in [-0.4, -0.2) is 69.8 Å². The summed E-state index contributed by atoms with van der Waals surface area (Å²) >= 11 is 0. The fourth-order valence-electron chi connectivity index (χ4n) is 3.73. The first-order valence-electron chi connectivity index (χ1n) is 9.14. The molecule has 5 heteroatoms. The number of aromatic nitrogens is 2. The molecule has 0 aliphatic carbocycles.